The number of aromatic amines is 1. The Balaban J connectivity index is 2.16. The molecule has 0 radical (unpaired) electrons. The molecule has 1 aromatic heterocycles. The first-order valence-corrected chi connectivity index (χ1v) is 7.62. The van der Waals surface area contributed by atoms with Crippen LogP contribution in [0.1, 0.15) is 74.0 Å². The van der Waals surface area contributed by atoms with Crippen LogP contribution in [0.4, 0.5) is 0 Å². The first kappa shape index (κ1) is 13.4. The van der Waals surface area contributed by atoms with Crippen molar-refractivity contribution in [2.45, 2.75) is 57.8 Å². The van der Waals surface area contributed by atoms with Crippen LogP contribution < -0.4 is 0 Å². The number of aromatic nitrogens is 1. The summed E-state index contributed by atoms with van der Waals surface area (Å²) in [4.78, 5) is 15.1. The van der Waals surface area contributed by atoms with E-state index in [1.54, 1.807) is 0 Å². The van der Waals surface area contributed by atoms with Crippen molar-refractivity contribution >= 4 is 17.2 Å². The van der Waals surface area contributed by atoms with Crippen molar-refractivity contribution in [2.75, 3.05) is 0 Å². The van der Waals surface area contributed by atoms with Crippen LogP contribution in [0, 0.1) is 0 Å². The second-order valence-electron chi connectivity index (χ2n) is 7.06. The number of nitrogens with one attached hydrogen (secondary N) is 1. The molecular weight excluding hydrogens is 246 g/mol. The second-order valence-corrected chi connectivity index (χ2v) is 7.06. The monoisotopic (exact) mass is 269 g/mol. The molecule has 0 spiro atoms. The Morgan fingerprint density at radius 2 is 1.90 bits per heavy atom. The Morgan fingerprint density at radius 3 is 2.50 bits per heavy atom. The second kappa shape index (κ2) is 4.76. The summed E-state index contributed by atoms with van der Waals surface area (Å²) in [6.45, 7) is 6.62. The molecule has 20 heavy (non-hydrogen) atoms. The Labute approximate surface area is 120 Å². The molecule has 1 N–H and O–H groups in total. The van der Waals surface area contributed by atoms with Crippen LogP contribution in [-0.4, -0.2) is 11.3 Å². The highest BCUT2D eigenvalue weighted by Crippen LogP contribution is 2.38. The zero-order chi connectivity index (χ0) is 14.3. The van der Waals surface area contributed by atoms with Gasteiger partial charge in [-0.15, -0.1) is 0 Å². The zero-order valence-corrected chi connectivity index (χ0v) is 12.6. The predicted octanol–water partition coefficient (Wildman–Crippen LogP) is 4.94. The fraction of sp³-hybridized carbons (Fsp3) is 0.500. The summed E-state index contributed by atoms with van der Waals surface area (Å²) < 4.78 is 0. The van der Waals surface area contributed by atoms with Gasteiger partial charge < -0.3 is 4.98 Å². The minimum atomic E-state index is 0.110. The first-order valence-electron chi connectivity index (χ1n) is 7.62. The van der Waals surface area contributed by atoms with Gasteiger partial charge in [0.25, 0.3) is 0 Å². The smallest absolute Gasteiger partial charge is 0.152 e. The highest BCUT2D eigenvalue weighted by molar-refractivity contribution is 5.99. The molecule has 0 saturated heterocycles. The van der Waals surface area contributed by atoms with Crippen LogP contribution in [-0.2, 0) is 5.41 Å². The quantitative estimate of drug-likeness (QED) is 0.770. The SMILES string of the molecule is CC(C)(C)c1ccc2[nH]c(C3CCCC3)c(C=O)c2c1. The average molecular weight is 269 g/mol. The van der Waals surface area contributed by atoms with Crippen LogP contribution >= 0.6 is 0 Å². The molecule has 2 aromatic rings. The van der Waals surface area contributed by atoms with E-state index in [4.69, 9.17) is 0 Å². The van der Waals surface area contributed by atoms with Crippen molar-refractivity contribution in [1.29, 1.82) is 0 Å². The molecule has 1 heterocycles. The number of aldehydes is 1. The molecule has 3 rings (SSSR count). The lowest BCUT2D eigenvalue weighted by Crippen LogP contribution is -2.10. The van der Waals surface area contributed by atoms with Gasteiger partial charge in [-0.05, 0) is 41.9 Å². The van der Waals surface area contributed by atoms with Crippen molar-refractivity contribution in [2.24, 2.45) is 0 Å². The van der Waals surface area contributed by atoms with Crippen molar-refractivity contribution in [3.8, 4) is 0 Å². The lowest BCUT2D eigenvalue weighted by atomic mass is 9.86. The number of benzene rings is 1. The van der Waals surface area contributed by atoms with Gasteiger partial charge in [0.05, 0.1) is 0 Å². The molecule has 1 fully saturated rings. The molecule has 2 nitrogen and oxygen atoms in total. The summed E-state index contributed by atoms with van der Waals surface area (Å²) in [6, 6.07) is 6.49. The van der Waals surface area contributed by atoms with E-state index in [-0.39, 0.29) is 5.41 Å². The van der Waals surface area contributed by atoms with Crippen molar-refractivity contribution in [1.82, 2.24) is 4.98 Å². The third-order valence-corrected chi connectivity index (χ3v) is 4.62. The molecule has 2 heteroatoms. The van der Waals surface area contributed by atoms with Gasteiger partial charge in [-0.2, -0.15) is 0 Å². The summed E-state index contributed by atoms with van der Waals surface area (Å²) in [6.07, 6.45) is 6.02. The van der Waals surface area contributed by atoms with E-state index in [9.17, 15) is 4.79 Å². The van der Waals surface area contributed by atoms with Gasteiger partial charge in [-0.25, -0.2) is 0 Å². The normalized spacial score (nSPS) is 16.9. The molecule has 0 unspecified atom stereocenters. The van der Waals surface area contributed by atoms with Crippen LogP contribution in [0.25, 0.3) is 10.9 Å². The van der Waals surface area contributed by atoms with Gasteiger partial charge in [0.15, 0.2) is 6.29 Å². The van der Waals surface area contributed by atoms with E-state index < -0.39 is 0 Å². The maximum Gasteiger partial charge on any atom is 0.152 e. The number of hydrogen-bond donors (Lipinski definition) is 1. The van der Waals surface area contributed by atoms with Crippen LogP contribution in [0.5, 0.6) is 0 Å². The molecular formula is C18H23NO. The van der Waals surface area contributed by atoms with E-state index in [1.165, 1.54) is 36.9 Å². The Bertz CT molecular complexity index is 639. The van der Waals surface area contributed by atoms with E-state index >= 15 is 0 Å². The highest BCUT2D eigenvalue weighted by Gasteiger charge is 2.24. The van der Waals surface area contributed by atoms with Crippen molar-refractivity contribution in [3.63, 3.8) is 0 Å². The fourth-order valence-electron chi connectivity index (χ4n) is 3.36. The molecule has 1 aliphatic carbocycles. The standard InChI is InChI=1S/C18H23NO/c1-18(2,3)13-8-9-16-14(10-13)15(11-20)17(19-16)12-6-4-5-7-12/h8-12,19H,4-7H2,1-3H3. The minimum Gasteiger partial charge on any atom is -0.358 e. The summed E-state index contributed by atoms with van der Waals surface area (Å²) in [5.41, 5.74) is 4.54. The molecule has 1 aromatic carbocycles. The van der Waals surface area contributed by atoms with Crippen LogP contribution in [0.3, 0.4) is 0 Å². The Morgan fingerprint density at radius 1 is 1.20 bits per heavy atom. The van der Waals surface area contributed by atoms with Gasteiger partial charge in [0, 0.05) is 22.2 Å². The number of carbonyl (C=O) groups excluding carboxylic acids is 1. The molecule has 0 amide bonds. The Hall–Kier alpha value is -1.57. The summed E-state index contributed by atoms with van der Waals surface area (Å²) >= 11 is 0. The molecule has 0 bridgehead atoms. The number of hydrogen-bond acceptors (Lipinski definition) is 1. The van der Waals surface area contributed by atoms with Gasteiger partial charge in [0.1, 0.15) is 0 Å². The van der Waals surface area contributed by atoms with Crippen molar-refractivity contribution in [3.05, 3.63) is 35.0 Å². The molecule has 106 valence electrons. The van der Waals surface area contributed by atoms with E-state index in [2.05, 4.69) is 44.0 Å². The largest absolute Gasteiger partial charge is 0.358 e. The predicted molar refractivity (Wildman–Crippen MR) is 83.6 cm³/mol. The Kier molecular flexibility index (Phi) is 3.19. The van der Waals surface area contributed by atoms with Gasteiger partial charge in [0.2, 0.25) is 0 Å². The summed E-state index contributed by atoms with van der Waals surface area (Å²) in [7, 11) is 0. The molecule has 1 aliphatic rings. The lowest BCUT2D eigenvalue weighted by molar-refractivity contribution is 0.112. The third kappa shape index (κ3) is 2.17. The molecule has 0 atom stereocenters. The fourth-order valence-corrected chi connectivity index (χ4v) is 3.36. The minimum absolute atomic E-state index is 0.110. The van der Waals surface area contributed by atoms with E-state index in [1.807, 2.05) is 0 Å². The van der Waals surface area contributed by atoms with Crippen molar-refractivity contribution < 1.29 is 4.79 Å². The van der Waals surface area contributed by atoms with E-state index in [0.29, 0.717) is 5.92 Å². The maximum atomic E-state index is 11.6. The number of rotatable bonds is 2. The van der Waals surface area contributed by atoms with E-state index in [0.717, 1.165) is 22.8 Å². The third-order valence-electron chi connectivity index (χ3n) is 4.62. The maximum absolute atomic E-state index is 11.6. The number of fused-ring (bicyclic) bond motifs is 1. The number of H-pyrrole nitrogens is 1. The molecule has 1 saturated carbocycles. The average Bonchev–Trinajstić information content (AvgIpc) is 3.03. The zero-order valence-electron chi connectivity index (χ0n) is 12.6. The summed E-state index contributed by atoms with van der Waals surface area (Å²) in [5, 5.41) is 1.09. The van der Waals surface area contributed by atoms with Crippen LogP contribution in [0.15, 0.2) is 18.2 Å². The number of carbonyl (C=O) groups is 1. The van der Waals surface area contributed by atoms with Gasteiger partial charge in [-0.1, -0.05) is 39.7 Å². The lowest BCUT2D eigenvalue weighted by Gasteiger charge is -2.18. The van der Waals surface area contributed by atoms with Gasteiger partial charge in [-0.3, -0.25) is 4.79 Å². The summed E-state index contributed by atoms with van der Waals surface area (Å²) in [5.74, 6) is 0.542. The molecule has 0 aliphatic heterocycles. The van der Waals surface area contributed by atoms with Gasteiger partial charge >= 0.3 is 0 Å². The topological polar surface area (TPSA) is 32.9 Å². The highest BCUT2D eigenvalue weighted by atomic mass is 16.1. The van der Waals surface area contributed by atoms with Crippen LogP contribution in [0.2, 0.25) is 0 Å². The first-order chi connectivity index (χ1) is 9.50.